The Morgan fingerprint density at radius 1 is 1.11 bits per heavy atom. The summed E-state index contributed by atoms with van der Waals surface area (Å²) >= 11 is 0. The molecule has 1 aromatic rings. The van der Waals surface area contributed by atoms with Crippen LogP contribution >= 0.6 is 0 Å². The van der Waals surface area contributed by atoms with E-state index >= 15 is 0 Å². The quantitative estimate of drug-likeness (QED) is 0.786. The molecule has 0 unspecified atom stereocenters. The second-order valence-electron chi connectivity index (χ2n) is 4.40. The fraction of sp³-hybridized carbons (Fsp3) is 0.125. The van der Waals surface area contributed by atoms with Crippen molar-refractivity contribution in [3.8, 4) is 6.07 Å². The Balaban J connectivity index is 2.02. The number of carbonyl (C=O) groups is 1. The molecule has 0 amide bonds. The fourth-order valence-electron chi connectivity index (χ4n) is 2.43. The average Bonchev–Trinajstić information content (AvgIpc) is 2.78. The molecule has 0 bridgehead atoms. The number of carbonyl (C=O) groups excluding carboxylic acids is 1. The lowest BCUT2D eigenvalue weighted by atomic mass is 9.89. The van der Waals surface area contributed by atoms with Crippen molar-refractivity contribution < 1.29 is 4.79 Å². The highest BCUT2D eigenvalue weighted by molar-refractivity contribution is 6.25. The first kappa shape index (κ1) is 10.7. The third-order valence-corrected chi connectivity index (χ3v) is 3.33. The number of rotatable bonds is 2. The van der Waals surface area contributed by atoms with Gasteiger partial charge in [-0.15, -0.1) is 0 Å². The van der Waals surface area contributed by atoms with Crippen LogP contribution in [-0.2, 0) is 4.79 Å². The van der Waals surface area contributed by atoms with Gasteiger partial charge in [-0.05, 0) is 29.2 Å². The zero-order valence-corrected chi connectivity index (χ0v) is 9.81. The van der Waals surface area contributed by atoms with Crippen LogP contribution in [0.1, 0.15) is 24.0 Å². The molecule has 0 atom stereocenters. The molecular weight excluding hydrogens is 222 g/mol. The molecule has 0 heterocycles. The molecule has 2 aliphatic rings. The van der Waals surface area contributed by atoms with Gasteiger partial charge in [0, 0.05) is 17.6 Å². The first-order valence-corrected chi connectivity index (χ1v) is 5.95. The molecule has 0 fully saturated rings. The van der Waals surface area contributed by atoms with Crippen LogP contribution in [0.2, 0.25) is 0 Å². The first-order chi connectivity index (χ1) is 8.81. The van der Waals surface area contributed by atoms with Gasteiger partial charge in [-0.1, -0.05) is 36.4 Å². The molecule has 18 heavy (non-hydrogen) atoms. The minimum Gasteiger partial charge on any atom is -0.289 e. The van der Waals surface area contributed by atoms with Gasteiger partial charge in [0.2, 0.25) is 0 Å². The summed E-state index contributed by atoms with van der Waals surface area (Å²) in [7, 11) is 0. The summed E-state index contributed by atoms with van der Waals surface area (Å²) in [5.41, 5.74) is 4.74. The van der Waals surface area contributed by atoms with E-state index in [4.69, 9.17) is 5.26 Å². The number of nitriles is 1. The zero-order chi connectivity index (χ0) is 12.5. The van der Waals surface area contributed by atoms with Crippen LogP contribution in [0.5, 0.6) is 0 Å². The lowest BCUT2D eigenvalue weighted by Gasteiger charge is -2.12. The van der Waals surface area contributed by atoms with Crippen LogP contribution in [0.4, 0.5) is 0 Å². The van der Waals surface area contributed by atoms with Crippen molar-refractivity contribution in [2.75, 3.05) is 0 Å². The summed E-state index contributed by atoms with van der Waals surface area (Å²) in [6, 6.07) is 10.1. The predicted octanol–water partition coefficient (Wildman–Crippen LogP) is 3.28. The standard InChI is InChI=1S/C16H11NO/c17-9-3-5-11-7-8-14-13-6-2-1-4-12(13)10-15(14)16(11)18/h1-2,4,6-8,10H,3,5H2. The van der Waals surface area contributed by atoms with Gasteiger partial charge in [-0.25, -0.2) is 0 Å². The van der Waals surface area contributed by atoms with Gasteiger partial charge in [0.1, 0.15) is 0 Å². The van der Waals surface area contributed by atoms with E-state index in [9.17, 15) is 4.79 Å². The van der Waals surface area contributed by atoms with Gasteiger partial charge < -0.3 is 0 Å². The maximum absolute atomic E-state index is 12.3. The molecular formula is C16H11NO. The lowest BCUT2D eigenvalue weighted by Crippen LogP contribution is -2.09. The molecule has 0 saturated heterocycles. The Kier molecular flexibility index (Phi) is 2.46. The number of nitrogens with zero attached hydrogens (tertiary/aromatic N) is 1. The Bertz CT molecular complexity index is 669. The van der Waals surface area contributed by atoms with Gasteiger partial charge in [-0.3, -0.25) is 4.79 Å². The van der Waals surface area contributed by atoms with Crippen LogP contribution in [0.3, 0.4) is 0 Å². The molecule has 86 valence electrons. The molecule has 0 aliphatic heterocycles. The largest absolute Gasteiger partial charge is 0.289 e. The normalized spacial score (nSPS) is 16.2. The molecule has 2 aliphatic carbocycles. The first-order valence-electron chi connectivity index (χ1n) is 5.95. The third kappa shape index (κ3) is 1.53. The molecule has 2 heteroatoms. The Morgan fingerprint density at radius 2 is 1.94 bits per heavy atom. The van der Waals surface area contributed by atoms with Crippen molar-refractivity contribution in [1.82, 2.24) is 0 Å². The van der Waals surface area contributed by atoms with E-state index in [-0.39, 0.29) is 5.78 Å². The highest BCUT2D eigenvalue weighted by Gasteiger charge is 2.27. The minimum atomic E-state index is 0.0685. The van der Waals surface area contributed by atoms with Crippen molar-refractivity contribution in [2.45, 2.75) is 12.8 Å². The Hall–Kier alpha value is -2.40. The van der Waals surface area contributed by atoms with Crippen molar-refractivity contribution in [3.05, 3.63) is 58.7 Å². The molecule has 0 radical (unpaired) electrons. The number of benzene rings is 1. The summed E-state index contributed by atoms with van der Waals surface area (Å²) < 4.78 is 0. The molecule has 1 aromatic carbocycles. The van der Waals surface area contributed by atoms with Crippen LogP contribution in [0, 0.1) is 11.3 Å². The highest BCUT2D eigenvalue weighted by atomic mass is 16.1. The van der Waals surface area contributed by atoms with Gasteiger partial charge in [-0.2, -0.15) is 5.26 Å². The van der Waals surface area contributed by atoms with Gasteiger partial charge in [0.25, 0.3) is 0 Å². The van der Waals surface area contributed by atoms with Crippen molar-refractivity contribution in [2.24, 2.45) is 0 Å². The molecule has 0 aromatic heterocycles. The maximum atomic E-state index is 12.3. The zero-order valence-electron chi connectivity index (χ0n) is 9.81. The average molecular weight is 233 g/mol. The van der Waals surface area contributed by atoms with Gasteiger partial charge in [0.15, 0.2) is 5.78 Å². The number of Topliss-reactive ketones (excluding diaryl/α,β-unsaturated/α-hetero) is 1. The van der Waals surface area contributed by atoms with E-state index in [1.54, 1.807) is 0 Å². The fourth-order valence-corrected chi connectivity index (χ4v) is 2.43. The number of fused-ring (bicyclic) bond motifs is 3. The van der Waals surface area contributed by atoms with Crippen LogP contribution in [0.25, 0.3) is 11.6 Å². The number of ketones is 1. The number of allylic oxidation sites excluding steroid dienone is 5. The minimum absolute atomic E-state index is 0.0685. The molecule has 0 saturated carbocycles. The Morgan fingerprint density at radius 3 is 2.78 bits per heavy atom. The Labute approximate surface area is 106 Å². The van der Waals surface area contributed by atoms with E-state index in [2.05, 4.69) is 6.07 Å². The molecule has 0 N–H and O–H groups in total. The van der Waals surface area contributed by atoms with E-state index in [0.29, 0.717) is 12.8 Å². The summed E-state index contributed by atoms with van der Waals surface area (Å²) in [5.74, 6) is 0.0685. The van der Waals surface area contributed by atoms with E-state index in [0.717, 1.165) is 27.8 Å². The summed E-state index contributed by atoms with van der Waals surface area (Å²) in [6.45, 7) is 0. The van der Waals surface area contributed by atoms with Crippen molar-refractivity contribution >= 4 is 17.4 Å². The highest BCUT2D eigenvalue weighted by Crippen LogP contribution is 2.39. The predicted molar refractivity (Wildman–Crippen MR) is 70.3 cm³/mol. The van der Waals surface area contributed by atoms with Crippen molar-refractivity contribution in [3.63, 3.8) is 0 Å². The van der Waals surface area contributed by atoms with Gasteiger partial charge in [0.05, 0.1) is 6.07 Å². The number of hydrogen-bond donors (Lipinski definition) is 0. The van der Waals surface area contributed by atoms with Crippen molar-refractivity contribution in [1.29, 1.82) is 5.26 Å². The summed E-state index contributed by atoms with van der Waals surface area (Å²) in [5, 5.41) is 8.59. The topological polar surface area (TPSA) is 40.9 Å². The second kappa shape index (κ2) is 4.12. The van der Waals surface area contributed by atoms with E-state index in [1.165, 1.54) is 0 Å². The monoisotopic (exact) mass is 233 g/mol. The smallest absolute Gasteiger partial charge is 0.189 e. The number of hydrogen-bond acceptors (Lipinski definition) is 2. The van der Waals surface area contributed by atoms with Crippen LogP contribution < -0.4 is 0 Å². The molecule has 0 spiro atoms. The van der Waals surface area contributed by atoms with E-state index < -0.39 is 0 Å². The third-order valence-electron chi connectivity index (χ3n) is 3.33. The van der Waals surface area contributed by atoms with E-state index in [1.807, 2.05) is 42.5 Å². The summed E-state index contributed by atoms with van der Waals surface area (Å²) in [4.78, 5) is 12.3. The SMILES string of the molecule is N#CCCC1=CC=C2C(=Cc3ccccc32)C1=O. The maximum Gasteiger partial charge on any atom is 0.189 e. The molecule has 3 rings (SSSR count). The van der Waals surface area contributed by atoms with Gasteiger partial charge >= 0.3 is 0 Å². The second-order valence-corrected chi connectivity index (χ2v) is 4.40. The lowest BCUT2D eigenvalue weighted by molar-refractivity contribution is -0.112. The van der Waals surface area contributed by atoms with Crippen LogP contribution in [0.15, 0.2) is 47.6 Å². The summed E-state index contributed by atoms with van der Waals surface area (Å²) in [6.07, 6.45) is 6.72. The molecule has 2 nitrogen and oxygen atoms in total. The van der Waals surface area contributed by atoms with Crippen LogP contribution in [-0.4, -0.2) is 5.78 Å².